The molecule has 3 N–H and O–H groups in total. The molecule has 2 rings (SSSR count). The molecule has 104 valence electrons. The van der Waals surface area contributed by atoms with E-state index in [2.05, 4.69) is 21.8 Å². The minimum atomic E-state index is -0.00765. The van der Waals surface area contributed by atoms with Gasteiger partial charge in [0, 0.05) is 19.3 Å². The van der Waals surface area contributed by atoms with Crippen molar-refractivity contribution in [3.05, 3.63) is 18.0 Å². The predicted molar refractivity (Wildman–Crippen MR) is 77.5 cm³/mol. The van der Waals surface area contributed by atoms with Crippen LogP contribution in [0.2, 0.25) is 0 Å². The molecule has 0 unspecified atom stereocenters. The van der Waals surface area contributed by atoms with Gasteiger partial charge in [-0.3, -0.25) is 5.41 Å². The van der Waals surface area contributed by atoms with Gasteiger partial charge in [0.15, 0.2) is 0 Å². The number of nitrogens with two attached hydrogens (primary N) is 1. The van der Waals surface area contributed by atoms with Crippen molar-refractivity contribution in [3.63, 3.8) is 0 Å². The molecule has 0 saturated heterocycles. The Balaban J connectivity index is 2.05. The smallest absolute Gasteiger partial charge is 0.225 e. The second-order valence-corrected chi connectivity index (χ2v) is 5.35. The molecule has 0 radical (unpaired) electrons. The van der Waals surface area contributed by atoms with E-state index in [1.807, 2.05) is 7.05 Å². The second kappa shape index (κ2) is 5.99. The number of amidine groups is 1. The molecule has 0 spiro atoms. The first-order valence-electron chi connectivity index (χ1n) is 7.02. The molecule has 1 aliphatic carbocycles. The quantitative estimate of drug-likeness (QED) is 0.643. The maximum Gasteiger partial charge on any atom is 0.225 e. The number of aromatic nitrogens is 2. The van der Waals surface area contributed by atoms with Gasteiger partial charge in [0.05, 0.1) is 0 Å². The number of rotatable bonds is 4. The second-order valence-electron chi connectivity index (χ2n) is 5.35. The van der Waals surface area contributed by atoms with Gasteiger partial charge in [0.1, 0.15) is 11.5 Å². The molecule has 19 heavy (non-hydrogen) atoms. The SMILES string of the molecule is CCC1CCC(N(C)c2nccc(C(=N)N)n2)CC1. The van der Waals surface area contributed by atoms with Crippen molar-refractivity contribution in [2.75, 3.05) is 11.9 Å². The third kappa shape index (κ3) is 3.22. The molecule has 0 aromatic carbocycles. The van der Waals surface area contributed by atoms with Gasteiger partial charge in [0.25, 0.3) is 0 Å². The van der Waals surface area contributed by atoms with Crippen LogP contribution >= 0.6 is 0 Å². The Kier molecular flexibility index (Phi) is 4.35. The summed E-state index contributed by atoms with van der Waals surface area (Å²) in [5, 5.41) is 7.44. The van der Waals surface area contributed by atoms with E-state index in [4.69, 9.17) is 11.1 Å². The Bertz CT molecular complexity index is 437. The van der Waals surface area contributed by atoms with Crippen molar-refractivity contribution in [1.29, 1.82) is 5.41 Å². The Labute approximate surface area is 114 Å². The molecule has 0 aliphatic heterocycles. The third-order valence-corrected chi connectivity index (χ3v) is 4.18. The molecule has 1 aliphatic rings. The van der Waals surface area contributed by atoms with E-state index in [9.17, 15) is 0 Å². The van der Waals surface area contributed by atoms with Gasteiger partial charge in [-0.05, 0) is 37.7 Å². The highest BCUT2D eigenvalue weighted by Gasteiger charge is 2.24. The minimum absolute atomic E-state index is 0.00765. The highest BCUT2D eigenvalue weighted by atomic mass is 15.3. The van der Waals surface area contributed by atoms with Crippen LogP contribution in [-0.2, 0) is 0 Å². The van der Waals surface area contributed by atoms with Crippen LogP contribution in [0, 0.1) is 11.3 Å². The van der Waals surface area contributed by atoms with E-state index < -0.39 is 0 Å². The summed E-state index contributed by atoms with van der Waals surface area (Å²) in [5.41, 5.74) is 5.97. The standard InChI is InChI=1S/C14H23N5/c1-3-10-4-6-11(7-5-10)19(2)14-17-9-8-12(18-14)13(15)16/h8-11H,3-7H2,1-2H3,(H3,15,16). The molecule has 0 bridgehead atoms. The number of hydrogen-bond donors (Lipinski definition) is 2. The van der Waals surface area contributed by atoms with Crippen LogP contribution < -0.4 is 10.6 Å². The van der Waals surface area contributed by atoms with Gasteiger partial charge in [0.2, 0.25) is 5.95 Å². The average molecular weight is 261 g/mol. The van der Waals surface area contributed by atoms with Gasteiger partial charge in [-0.15, -0.1) is 0 Å². The number of anilines is 1. The normalized spacial score (nSPS) is 23.1. The number of nitrogens with zero attached hydrogens (tertiary/aromatic N) is 3. The molecular formula is C14H23N5. The third-order valence-electron chi connectivity index (χ3n) is 4.18. The summed E-state index contributed by atoms with van der Waals surface area (Å²) in [7, 11) is 2.04. The van der Waals surface area contributed by atoms with Crippen LogP contribution in [0.1, 0.15) is 44.7 Å². The van der Waals surface area contributed by atoms with Crippen molar-refractivity contribution >= 4 is 11.8 Å². The average Bonchev–Trinajstić information content (AvgIpc) is 2.46. The summed E-state index contributed by atoms with van der Waals surface area (Å²) in [5.74, 6) is 1.55. The summed E-state index contributed by atoms with van der Waals surface area (Å²) < 4.78 is 0. The van der Waals surface area contributed by atoms with Crippen LogP contribution in [0.15, 0.2) is 12.3 Å². The van der Waals surface area contributed by atoms with Crippen molar-refractivity contribution in [2.45, 2.75) is 45.1 Å². The van der Waals surface area contributed by atoms with Gasteiger partial charge in [-0.1, -0.05) is 13.3 Å². The van der Waals surface area contributed by atoms with Crippen molar-refractivity contribution in [3.8, 4) is 0 Å². The maximum absolute atomic E-state index is 7.44. The highest BCUT2D eigenvalue weighted by molar-refractivity contribution is 5.93. The lowest BCUT2D eigenvalue weighted by Gasteiger charge is -2.34. The van der Waals surface area contributed by atoms with E-state index in [0.29, 0.717) is 17.7 Å². The molecule has 0 atom stereocenters. The molecule has 1 aromatic heterocycles. The molecule has 1 saturated carbocycles. The van der Waals surface area contributed by atoms with Gasteiger partial charge in [-0.25, -0.2) is 9.97 Å². The van der Waals surface area contributed by atoms with Crippen LogP contribution in [-0.4, -0.2) is 28.9 Å². The largest absolute Gasteiger partial charge is 0.382 e. The maximum atomic E-state index is 7.44. The Morgan fingerprint density at radius 3 is 2.68 bits per heavy atom. The van der Waals surface area contributed by atoms with E-state index in [-0.39, 0.29) is 5.84 Å². The summed E-state index contributed by atoms with van der Waals surface area (Å²) in [6, 6.07) is 2.18. The number of nitrogens with one attached hydrogen (secondary N) is 1. The first kappa shape index (κ1) is 13.8. The molecule has 1 heterocycles. The minimum Gasteiger partial charge on any atom is -0.382 e. The number of nitrogen functional groups attached to an aromatic ring is 1. The molecule has 5 nitrogen and oxygen atoms in total. The molecular weight excluding hydrogens is 238 g/mol. The van der Waals surface area contributed by atoms with Crippen LogP contribution in [0.3, 0.4) is 0 Å². The van der Waals surface area contributed by atoms with Crippen molar-refractivity contribution < 1.29 is 0 Å². The van der Waals surface area contributed by atoms with E-state index in [1.165, 1.54) is 32.1 Å². The zero-order chi connectivity index (χ0) is 13.8. The lowest BCUT2D eigenvalue weighted by molar-refractivity contribution is 0.312. The first-order chi connectivity index (χ1) is 9.11. The first-order valence-corrected chi connectivity index (χ1v) is 7.02. The Hall–Kier alpha value is -1.65. The lowest BCUT2D eigenvalue weighted by atomic mass is 9.84. The van der Waals surface area contributed by atoms with E-state index >= 15 is 0 Å². The van der Waals surface area contributed by atoms with E-state index in [0.717, 1.165) is 5.92 Å². The molecule has 5 heteroatoms. The molecule has 1 fully saturated rings. The van der Waals surface area contributed by atoms with Gasteiger partial charge < -0.3 is 10.6 Å². The summed E-state index contributed by atoms with van der Waals surface area (Å²) in [4.78, 5) is 10.8. The summed E-state index contributed by atoms with van der Waals surface area (Å²) >= 11 is 0. The predicted octanol–water partition coefficient (Wildman–Crippen LogP) is 2.17. The fourth-order valence-electron chi connectivity index (χ4n) is 2.77. The topological polar surface area (TPSA) is 78.9 Å². The Morgan fingerprint density at radius 1 is 1.42 bits per heavy atom. The van der Waals surface area contributed by atoms with Gasteiger partial charge >= 0.3 is 0 Å². The molecule has 0 amide bonds. The zero-order valence-corrected chi connectivity index (χ0v) is 11.8. The van der Waals surface area contributed by atoms with Crippen LogP contribution in [0.25, 0.3) is 0 Å². The van der Waals surface area contributed by atoms with Gasteiger partial charge in [-0.2, -0.15) is 0 Å². The monoisotopic (exact) mass is 261 g/mol. The van der Waals surface area contributed by atoms with Crippen LogP contribution in [0.5, 0.6) is 0 Å². The van der Waals surface area contributed by atoms with Crippen LogP contribution in [0.4, 0.5) is 5.95 Å². The highest BCUT2D eigenvalue weighted by Crippen LogP contribution is 2.30. The van der Waals surface area contributed by atoms with E-state index in [1.54, 1.807) is 12.3 Å². The summed E-state index contributed by atoms with van der Waals surface area (Å²) in [6.07, 6.45) is 7.93. The van der Waals surface area contributed by atoms with Crippen molar-refractivity contribution in [2.24, 2.45) is 11.7 Å². The fraction of sp³-hybridized carbons (Fsp3) is 0.643. The summed E-state index contributed by atoms with van der Waals surface area (Å²) in [6.45, 7) is 2.27. The molecule has 1 aromatic rings. The Morgan fingerprint density at radius 2 is 2.11 bits per heavy atom. The number of hydrogen-bond acceptors (Lipinski definition) is 4. The lowest BCUT2D eigenvalue weighted by Crippen LogP contribution is -2.36. The zero-order valence-electron chi connectivity index (χ0n) is 11.8. The van der Waals surface area contributed by atoms with Crippen molar-refractivity contribution in [1.82, 2.24) is 9.97 Å². The fourth-order valence-corrected chi connectivity index (χ4v) is 2.77.